The Balaban J connectivity index is 2.24. The lowest BCUT2D eigenvalue weighted by atomic mass is 10.3. The smallest absolute Gasteiger partial charge is 0.354 e. The number of carboxylic acids is 1. The van der Waals surface area contributed by atoms with Crippen molar-refractivity contribution < 1.29 is 14.6 Å². The molecule has 0 aliphatic heterocycles. The van der Waals surface area contributed by atoms with E-state index in [1.807, 2.05) is 49.1 Å². The maximum atomic E-state index is 11.2. The zero-order chi connectivity index (χ0) is 15.9. The van der Waals surface area contributed by atoms with Crippen molar-refractivity contribution in [3.63, 3.8) is 0 Å². The van der Waals surface area contributed by atoms with Crippen LogP contribution in [-0.2, 0) is 6.61 Å². The van der Waals surface area contributed by atoms with E-state index in [1.54, 1.807) is 0 Å². The van der Waals surface area contributed by atoms with E-state index in [4.69, 9.17) is 4.74 Å². The second kappa shape index (κ2) is 7.40. The molecule has 0 fully saturated rings. The first-order chi connectivity index (χ1) is 10.6. The van der Waals surface area contributed by atoms with E-state index in [0.717, 1.165) is 13.1 Å². The molecule has 116 valence electrons. The molecule has 1 N–H and O–H groups in total. The van der Waals surface area contributed by atoms with Gasteiger partial charge in [0, 0.05) is 19.2 Å². The minimum Gasteiger partial charge on any atom is -0.486 e. The van der Waals surface area contributed by atoms with Gasteiger partial charge in [-0.1, -0.05) is 18.2 Å². The normalized spacial score (nSPS) is 10.3. The van der Waals surface area contributed by atoms with Gasteiger partial charge in [0.15, 0.2) is 11.5 Å². The van der Waals surface area contributed by atoms with Gasteiger partial charge in [0.05, 0.1) is 0 Å². The number of aromatic carboxylic acids is 1. The van der Waals surface area contributed by atoms with Crippen LogP contribution in [0.4, 0.5) is 5.82 Å². The molecule has 0 atom stereocenters. The zero-order valence-electron chi connectivity index (χ0n) is 12.7. The van der Waals surface area contributed by atoms with Crippen LogP contribution >= 0.6 is 0 Å². The van der Waals surface area contributed by atoms with Crippen molar-refractivity contribution in [2.45, 2.75) is 20.5 Å². The minimum absolute atomic E-state index is 0.0245. The van der Waals surface area contributed by atoms with Crippen LogP contribution < -0.4 is 9.64 Å². The Hall–Kier alpha value is -2.63. The van der Waals surface area contributed by atoms with Gasteiger partial charge in [-0.15, -0.1) is 0 Å². The second-order valence-electron chi connectivity index (χ2n) is 4.61. The lowest BCUT2D eigenvalue weighted by Gasteiger charge is -2.20. The largest absolute Gasteiger partial charge is 0.486 e. The molecule has 1 aromatic carbocycles. The number of benzene rings is 1. The van der Waals surface area contributed by atoms with Gasteiger partial charge < -0.3 is 14.7 Å². The van der Waals surface area contributed by atoms with Gasteiger partial charge in [0.1, 0.15) is 18.2 Å². The van der Waals surface area contributed by atoms with E-state index < -0.39 is 5.97 Å². The van der Waals surface area contributed by atoms with Crippen molar-refractivity contribution in [1.29, 1.82) is 0 Å². The van der Waals surface area contributed by atoms with Gasteiger partial charge in [-0.2, -0.15) is 0 Å². The van der Waals surface area contributed by atoms with Crippen LogP contribution in [0, 0.1) is 0 Å². The van der Waals surface area contributed by atoms with Crippen molar-refractivity contribution in [2.24, 2.45) is 0 Å². The summed E-state index contributed by atoms with van der Waals surface area (Å²) in [5.74, 6) is 0.572. The number of carbonyl (C=O) groups is 1. The predicted octanol–water partition coefficient (Wildman–Crippen LogP) is 2.60. The van der Waals surface area contributed by atoms with Crippen molar-refractivity contribution in [1.82, 2.24) is 9.97 Å². The number of rotatable bonds is 7. The maximum absolute atomic E-state index is 11.2. The number of nitrogens with zero attached hydrogens (tertiary/aromatic N) is 3. The second-order valence-corrected chi connectivity index (χ2v) is 4.61. The van der Waals surface area contributed by atoms with Crippen LogP contribution in [0.5, 0.6) is 5.75 Å². The molecule has 1 aromatic heterocycles. The fourth-order valence-corrected chi connectivity index (χ4v) is 2.03. The van der Waals surface area contributed by atoms with E-state index in [-0.39, 0.29) is 12.3 Å². The fourth-order valence-electron chi connectivity index (χ4n) is 2.03. The van der Waals surface area contributed by atoms with Crippen molar-refractivity contribution in [2.75, 3.05) is 18.0 Å². The Morgan fingerprint density at radius 2 is 1.86 bits per heavy atom. The first-order valence-electron chi connectivity index (χ1n) is 7.18. The van der Waals surface area contributed by atoms with Gasteiger partial charge in [0.2, 0.25) is 0 Å². The monoisotopic (exact) mass is 301 g/mol. The minimum atomic E-state index is -1.07. The highest BCUT2D eigenvalue weighted by Crippen LogP contribution is 2.15. The van der Waals surface area contributed by atoms with E-state index in [0.29, 0.717) is 17.4 Å². The van der Waals surface area contributed by atoms with Crippen LogP contribution in [0.25, 0.3) is 0 Å². The third-order valence-corrected chi connectivity index (χ3v) is 3.18. The summed E-state index contributed by atoms with van der Waals surface area (Å²) in [5.41, 5.74) is -0.0245. The van der Waals surface area contributed by atoms with Gasteiger partial charge in [-0.3, -0.25) is 0 Å². The lowest BCUT2D eigenvalue weighted by molar-refractivity contribution is 0.0689. The third kappa shape index (κ3) is 3.94. The highest BCUT2D eigenvalue weighted by Gasteiger charge is 2.13. The van der Waals surface area contributed by atoms with Crippen LogP contribution in [0.3, 0.4) is 0 Å². The van der Waals surface area contributed by atoms with Crippen molar-refractivity contribution in [3.05, 3.63) is 47.9 Å². The third-order valence-electron chi connectivity index (χ3n) is 3.18. The summed E-state index contributed by atoms with van der Waals surface area (Å²) in [6.45, 7) is 5.59. The summed E-state index contributed by atoms with van der Waals surface area (Å²) in [4.78, 5) is 21.6. The Kier molecular flexibility index (Phi) is 5.30. The number of ether oxygens (including phenoxy) is 1. The first-order valence-corrected chi connectivity index (χ1v) is 7.18. The summed E-state index contributed by atoms with van der Waals surface area (Å²) in [5, 5.41) is 9.20. The topological polar surface area (TPSA) is 75.6 Å². The van der Waals surface area contributed by atoms with Crippen LogP contribution in [0.15, 0.2) is 36.4 Å². The summed E-state index contributed by atoms with van der Waals surface area (Å²) < 4.78 is 5.59. The molecular weight excluding hydrogens is 282 g/mol. The molecule has 6 nitrogen and oxygen atoms in total. The molecule has 0 saturated heterocycles. The van der Waals surface area contributed by atoms with Crippen molar-refractivity contribution in [3.8, 4) is 5.75 Å². The number of hydrogen-bond donors (Lipinski definition) is 1. The zero-order valence-corrected chi connectivity index (χ0v) is 12.7. The molecule has 0 aliphatic rings. The number of hydrogen-bond acceptors (Lipinski definition) is 5. The van der Waals surface area contributed by atoms with Gasteiger partial charge in [-0.05, 0) is 26.0 Å². The predicted molar refractivity (Wildman–Crippen MR) is 83.3 cm³/mol. The molecule has 6 heteroatoms. The Labute approximate surface area is 129 Å². The van der Waals surface area contributed by atoms with Gasteiger partial charge >= 0.3 is 5.97 Å². The number of anilines is 1. The lowest BCUT2D eigenvalue weighted by Crippen LogP contribution is -2.24. The number of para-hydroxylation sites is 1. The van der Waals surface area contributed by atoms with E-state index in [1.165, 1.54) is 6.07 Å². The molecule has 0 bridgehead atoms. The summed E-state index contributed by atoms with van der Waals surface area (Å²) in [6.07, 6.45) is 0. The SMILES string of the molecule is CCN(CC)c1cc(C(=O)O)nc(COc2ccccc2)n1. The molecular formula is C16H19N3O3. The maximum Gasteiger partial charge on any atom is 0.354 e. The highest BCUT2D eigenvalue weighted by atomic mass is 16.5. The average molecular weight is 301 g/mol. The fraction of sp³-hybridized carbons (Fsp3) is 0.312. The Bertz CT molecular complexity index is 628. The molecule has 22 heavy (non-hydrogen) atoms. The molecule has 0 spiro atoms. The number of carboxylic acid groups (broad SMARTS) is 1. The summed E-state index contributed by atoms with van der Waals surface area (Å²) in [7, 11) is 0. The standard InChI is InChI=1S/C16H19N3O3/c1-3-19(4-2)15-10-13(16(20)21)17-14(18-15)11-22-12-8-6-5-7-9-12/h5-10H,3-4,11H2,1-2H3,(H,20,21). The molecule has 2 rings (SSSR count). The molecule has 0 aliphatic carbocycles. The van der Waals surface area contributed by atoms with E-state index >= 15 is 0 Å². The Morgan fingerprint density at radius 1 is 1.18 bits per heavy atom. The van der Waals surface area contributed by atoms with E-state index in [2.05, 4.69) is 9.97 Å². The van der Waals surface area contributed by atoms with Crippen LogP contribution in [0.1, 0.15) is 30.2 Å². The molecule has 0 saturated carbocycles. The quantitative estimate of drug-likeness (QED) is 0.847. The molecule has 0 unspecified atom stereocenters. The van der Waals surface area contributed by atoms with Gasteiger partial charge in [0.25, 0.3) is 0 Å². The summed E-state index contributed by atoms with van der Waals surface area (Å²) in [6, 6.07) is 10.8. The average Bonchev–Trinajstić information content (AvgIpc) is 2.55. The molecule has 2 aromatic rings. The number of aromatic nitrogens is 2. The van der Waals surface area contributed by atoms with Crippen LogP contribution in [-0.4, -0.2) is 34.1 Å². The van der Waals surface area contributed by atoms with Crippen molar-refractivity contribution >= 4 is 11.8 Å². The highest BCUT2D eigenvalue weighted by molar-refractivity contribution is 5.86. The molecule has 0 radical (unpaired) electrons. The van der Waals surface area contributed by atoms with Crippen LogP contribution in [0.2, 0.25) is 0 Å². The molecule has 0 amide bonds. The van der Waals surface area contributed by atoms with Gasteiger partial charge in [-0.25, -0.2) is 14.8 Å². The summed E-state index contributed by atoms with van der Waals surface area (Å²) >= 11 is 0. The molecule has 1 heterocycles. The van der Waals surface area contributed by atoms with E-state index in [9.17, 15) is 9.90 Å². The Morgan fingerprint density at radius 3 is 2.45 bits per heavy atom. The first kappa shape index (κ1) is 15.8.